The van der Waals surface area contributed by atoms with E-state index < -0.39 is 47.2 Å². The van der Waals surface area contributed by atoms with Crippen molar-refractivity contribution in [3.63, 3.8) is 0 Å². The van der Waals surface area contributed by atoms with Crippen LogP contribution in [0.1, 0.15) is 53.5 Å². The number of nitrogens with one attached hydrogen (secondary N) is 1. The molecule has 0 aromatic heterocycles. The van der Waals surface area contributed by atoms with Crippen LogP contribution in [0.4, 0.5) is 11.4 Å². The second kappa shape index (κ2) is 30.9. The molecule has 16 nitrogen and oxygen atoms in total. The monoisotopic (exact) mass is 891 g/mol. The van der Waals surface area contributed by atoms with E-state index in [4.69, 9.17) is 19.3 Å². The first-order valence-corrected chi connectivity index (χ1v) is 16.7. The molecule has 0 bridgehead atoms. The molecular formula is C40H43Co2N3O13. The number of nitrogens with zero attached hydrogens (tertiary/aromatic N) is 2. The molecule has 0 spiro atoms. The van der Waals surface area contributed by atoms with Crippen LogP contribution < -0.4 is 10.1 Å². The molecule has 1 amide bonds. The minimum atomic E-state index is -1.10. The van der Waals surface area contributed by atoms with E-state index >= 15 is 0 Å². The van der Waals surface area contributed by atoms with Crippen LogP contribution in [0.2, 0.25) is 0 Å². The summed E-state index contributed by atoms with van der Waals surface area (Å²) < 4.78 is 20.0. The third-order valence-corrected chi connectivity index (χ3v) is 6.66. The number of anilines is 1. The third kappa shape index (κ3) is 20.6. The molecule has 1 unspecified atom stereocenters. The molecule has 3 N–H and O–H groups in total. The zero-order chi connectivity index (χ0) is 41.9. The van der Waals surface area contributed by atoms with E-state index in [0.717, 1.165) is 32.8 Å². The summed E-state index contributed by atoms with van der Waals surface area (Å²) in [4.78, 5) is 78.2. The van der Waals surface area contributed by atoms with Gasteiger partial charge in [-0.15, -0.1) is 22.4 Å². The summed E-state index contributed by atoms with van der Waals surface area (Å²) in [7, 11) is 2.34. The average molecular weight is 892 g/mol. The summed E-state index contributed by atoms with van der Waals surface area (Å²) in [6.07, 6.45) is 7.09. The Hall–Kier alpha value is -6.22. The Morgan fingerprint density at radius 2 is 1.50 bits per heavy atom. The van der Waals surface area contributed by atoms with E-state index in [1.54, 1.807) is 18.2 Å². The summed E-state index contributed by atoms with van der Waals surface area (Å²) in [5.74, 6) is -4.99. The number of aliphatic hydroxyl groups is 1. The second-order valence-electron chi connectivity index (χ2n) is 10.8. The van der Waals surface area contributed by atoms with Crippen LogP contribution in [0.15, 0.2) is 94.5 Å². The number of rotatable bonds is 18. The number of hydrogen-bond donors (Lipinski definition) is 3. The fraction of sp³-hybridized carbons (Fsp3) is 0.225. The van der Waals surface area contributed by atoms with Gasteiger partial charge in [0.2, 0.25) is 0 Å². The summed E-state index contributed by atoms with van der Waals surface area (Å²) in [5, 5.41) is 28.2. The number of carbonyl (C=O) groups excluding carboxylic acids is 6. The molecule has 0 heterocycles. The smallest absolute Gasteiger partial charge is 0.510 e. The van der Waals surface area contributed by atoms with Gasteiger partial charge in [-0.3, -0.25) is 14.4 Å². The van der Waals surface area contributed by atoms with Gasteiger partial charge >= 0.3 is 45.5 Å². The number of aldehydes is 2. The second-order valence-corrected chi connectivity index (χ2v) is 10.8. The molecule has 0 fully saturated rings. The molecule has 0 aliphatic rings. The Kier molecular flexibility index (Phi) is 28.7. The number of ether oxygens (including phenoxy) is 4. The van der Waals surface area contributed by atoms with E-state index in [2.05, 4.69) is 57.9 Å². The van der Waals surface area contributed by atoms with Crippen LogP contribution >= 0.6 is 0 Å². The van der Waals surface area contributed by atoms with Crippen molar-refractivity contribution in [2.24, 2.45) is 16.1 Å². The van der Waals surface area contributed by atoms with Crippen molar-refractivity contribution in [1.82, 2.24) is 0 Å². The van der Waals surface area contributed by atoms with E-state index in [1.807, 2.05) is 6.07 Å². The number of hydrogen-bond acceptors (Lipinski definition) is 14. The standard InChI is InChI=1S/C27H28N3O10.C9H11.C4H4O3.2Co/c1-16(11-12-31)25(34)40-14-13-39-22-8-6-5-7-20(22)28-24(33)23(17(2)32)30-29-21-15-18(26(35)37-3)9-10-19(21)27(36)38-4;1-2-6-9-7-4-3-5-8-9;5-3-1-2-4(6)7;;/h5-12,15-16,32H,13-14H2,1-4H3,(H,28,33);3-8H,2H2,1H3;1-3H,(H,6,7);;/q2*-1;-2;2*+2. The number of allylic oxidation sites excluding steroid dienone is 1. The summed E-state index contributed by atoms with van der Waals surface area (Å²) in [6.45, 7) is 4.70. The van der Waals surface area contributed by atoms with Crippen LogP contribution in [0, 0.1) is 31.6 Å². The van der Waals surface area contributed by atoms with Gasteiger partial charge < -0.3 is 63.3 Å². The minimum absolute atomic E-state index is 0. The molecule has 1 atom stereocenters. The van der Waals surface area contributed by atoms with Crippen LogP contribution in [0.3, 0.4) is 0 Å². The van der Waals surface area contributed by atoms with Gasteiger partial charge in [0.15, 0.2) is 5.70 Å². The van der Waals surface area contributed by atoms with Crippen molar-refractivity contribution in [1.29, 1.82) is 0 Å². The Bertz CT molecular complexity index is 1830. The van der Waals surface area contributed by atoms with E-state index in [9.17, 15) is 38.7 Å². The number of carboxylic acid groups (broad SMARTS) is 1. The van der Waals surface area contributed by atoms with Crippen molar-refractivity contribution >= 4 is 53.7 Å². The number of aliphatic carboxylic acids is 1. The first-order valence-electron chi connectivity index (χ1n) is 16.7. The van der Waals surface area contributed by atoms with Crippen LogP contribution in [-0.4, -0.2) is 80.0 Å². The Labute approximate surface area is 357 Å². The van der Waals surface area contributed by atoms with Crippen molar-refractivity contribution in [2.45, 2.75) is 27.2 Å². The molecule has 0 aliphatic heterocycles. The SMILES string of the molecule is CC[CH-]c1ccccc1.COC(=O)c1ccc(C(=O)OC)c(N=NC(C(=O)Nc2ccccc2OCCOC(=O)C(C)[CH-]C=O)=C(C)O)c1.O=C[CH-][CH-]C(=O)O.[Co+2].[Co+2]. The quantitative estimate of drug-likeness (QED) is 0.0193. The molecule has 58 heavy (non-hydrogen) atoms. The van der Waals surface area contributed by atoms with Crippen LogP contribution in [-0.2, 0) is 71.7 Å². The Balaban J connectivity index is 0. The van der Waals surface area contributed by atoms with Gasteiger partial charge in [0.1, 0.15) is 36.4 Å². The number of azo groups is 1. The predicted molar refractivity (Wildman–Crippen MR) is 202 cm³/mol. The van der Waals surface area contributed by atoms with Gasteiger partial charge in [-0.2, -0.15) is 24.1 Å². The van der Waals surface area contributed by atoms with Gasteiger partial charge in [-0.1, -0.05) is 44.4 Å². The maximum atomic E-state index is 13.0. The molecule has 314 valence electrons. The number of methoxy groups -OCH3 is 2. The van der Waals surface area contributed by atoms with Crippen molar-refractivity contribution in [3.05, 3.63) is 127 Å². The van der Waals surface area contributed by atoms with E-state index in [-0.39, 0.29) is 75.0 Å². The molecule has 3 rings (SSSR count). The first-order chi connectivity index (χ1) is 26.8. The molecular weight excluding hydrogens is 848 g/mol. The number of carboxylic acids is 1. The molecule has 0 saturated carbocycles. The topological polar surface area (TPSA) is 234 Å². The number of benzene rings is 3. The average Bonchev–Trinajstić information content (AvgIpc) is 3.19. The number of esters is 3. The maximum Gasteiger partial charge on any atom is 2.00 e. The van der Waals surface area contributed by atoms with Gasteiger partial charge in [-0.25, -0.2) is 9.59 Å². The zero-order valence-corrected chi connectivity index (χ0v) is 34.1. The van der Waals surface area contributed by atoms with Crippen LogP contribution in [0.25, 0.3) is 0 Å². The van der Waals surface area contributed by atoms with Gasteiger partial charge in [-0.05, 0) is 49.8 Å². The summed E-state index contributed by atoms with van der Waals surface area (Å²) in [5.41, 5.74) is 0.932. The number of para-hydroxylation sites is 2. The normalized spacial score (nSPS) is 10.5. The molecule has 0 saturated heterocycles. The number of carbonyl (C=O) groups is 7. The third-order valence-electron chi connectivity index (χ3n) is 6.66. The summed E-state index contributed by atoms with van der Waals surface area (Å²) >= 11 is 0. The Morgan fingerprint density at radius 1 is 0.862 bits per heavy atom. The largest absolute Gasteiger partial charge is 2.00 e. The maximum absolute atomic E-state index is 13.0. The van der Waals surface area contributed by atoms with E-state index in [1.165, 1.54) is 50.8 Å². The zero-order valence-electron chi connectivity index (χ0n) is 32.0. The number of amides is 1. The molecule has 2 radical (unpaired) electrons. The Morgan fingerprint density at radius 3 is 2.05 bits per heavy atom. The molecule has 0 aliphatic carbocycles. The van der Waals surface area contributed by atoms with E-state index in [0.29, 0.717) is 12.6 Å². The van der Waals surface area contributed by atoms with Gasteiger partial charge in [0.05, 0.1) is 31.0 Å². The van der Waals surface area contributed by atoms with Crippen molar-refractivity contribution in [2.75, 3.05) is 32.8 Å². The molecule has 18 heteroatoms. The van der Waals surface area contributed by atoms with Crippen LogP contribution in [0.5, 0.6) is 5.75 Å². The van der Waals surface area contributed by atoms with Crippen molar-refractivity contribution in [3.8, 4) is 5.75 Å². The van der Waals surface area contributed by atoms with Gasteiger partial charge in [0, 0.05) is 0 Å². The fourth-order valence-corrected chi connectivity index (χ4v) is 3.97. The first kappa shape index (κ1) is 53.9. The predicted octanol–water partition coefficient (Wildman–Crippen LogP) is 6.06. The van der Waals surface area contributed by atoms with Gasteiger partial charge in [0.25, 0.3) is 11.9 Å². The van der Waals surface area contributed by atoms with Crippen molar-refractivity contribution < 1.29 is 96.3 Å². The summed E-state index contributed by atoms with van der Waals surface area (Å²) in [6, 6.07) is 20.6. The number of aliphatic hydroxyl groups excluding tert-OH is 1. The minimum Gasteiger partial charge on any atom is -0.510 e. The molecule has 3 aromatic carbocycles. The molecule has 3 aromatic rings. The fourth-order valence-electron chi connectivity index (χ4n) is 3.97.